The van der Waals surface area contributed by atoms with E-state index in [1.165, 1.54) is 6.92 Å². The quantitative estimate of drug-likeness (QED) is 0.243. The molecule has 13 heteroatoms. The number of nitro groups is 2. The van der Waals surface area contributed by atoms with Crippen LogP contribution in [-0.4, -0.2) is 34.3 Å². The molecular weight excluding hydrogens is 494 g/mol. The van der Waals surface area contributed by atoms with Crippen molar-refractivity contribution in [2.24, 2.45) is 0 Å². The smallest absolute Gasteiger partial charge is 0.349 e. The summed E-state index contributed by atoms with van der Waals surface area (Å²) in [6.07, 6.45) is 0. The van der Waals surface area contributed by atoms with Crippen molar-refractivity contribution in [3.05, 3.63) is 95.9 Å². The fraction of sp³-hybridized carbons (Fsp3) is 0.174. The van der Waals surface area contributed by atoms with Gasteiger partial charge in [0.2, 0.25) is 0 Å². The molecule has 36 heavy (non-hydrogen) atoms. The van der Waals surface area contributed by atoms with Gasteiger partial charge in [0.25, 0.3) is 17.3 Å². The highest BCUT2D eigenvalue weighted by atomic mass is 32.1. The molecule has 1 heterocycles. The molecule has 1 amide bonds. The second-order valence-corrected chi connectivity index (χ2v) is 8.27. The molecule has 0 spiro atoms. The highest BCUT2D eigenvalue weighted by molar-refractivity contribution is 7.18. The lowest BCUT2D eigenvalue weighted by Gasteiger charge is -2.07. The van der Waals surface area contributed by atoms with Crippen LogP contribution < -0.4 is 5.32 Å². The maximum absolute atomic E-state index is 12.9. The molecule has 0 saturated heterocycles. The highest BCUT2D eigenvalue weighted by Crippen LogP contribution is 2.35. The first-order valence-corrected chi connectivity index (χ1v) is 11.2. The van der Waals surface area contributed by atoms with Crippen molar-refractivity contribution < 1.29 is 33.7 Å². The fourth-order valence-electron chi connectivity index (χ4n) is 3.15. The minimum absolute atomic E-state index is 0.0202. The van der Waals surface area contributed by atoms with Gasteiger partial charge in [-0.15, -0.1) is 11.3 Å². The van der Waals surface area contributed by atoms with Gasteiger partial charge < -0.3 is 14.8 Å². The summed E-state index contributed by atoms with van der Waals surface area (Å²) in [5.41, 5.74) is -0.852. The number of hydrogen-bond acceptors (Lipinski definition) is 10. The van der Waals surface area contributed by atoms with Gasteiger partial charge in [-0.1, -0.05) is 30.3 Å². The van der Waals surface area contributed by atoms with Crippen LogP contribution in [0.5, 0.6) is 0 Å². The summed E-state index contributed by atoms with van der Waals surface area (Å²) in [5, 5.41) is 24.6. The third-order valence-electron chi connectivity index (χ3n) is 4.84. The van der Waals surface area contributed by atoms with Crippen LogP contribution in [0, 0.1) is 27.2 Å². The number of nitro benzene ring substituents is 2. The number of esters is 2. The molecule has 1 N–H and O–H groups in total. The molecule has 0 aliphatic heterocycles. The zero-order valence-electron chi connectivity index (χ0n) is 19.0. The Balaban J connectivity index is 1.95. The Morgan fingerprint density at radius 3 is 2.11 bits per heavy atom. The molecule has 0 aliphatic rings. The standard InChI is InChI=1S/C23H19N3O9S/c1-3-34-22(28)18-13(2)19(23(29)35-12-14-7-5-4-6-8-14)36-21(18)24-20(27)15-9-16(25(30)31)11-17(10-15)26(32)33/h4-11H,3,12H2,1-2H3,(H,24,27). The first-order valence-electron chi connectivity index (χ1n) is 10.4. The maximum Gasteiger partial charge on any atom is 0.349 e. The zero-order chi connectivity index (χ0) is 26.4. The van der Waals surface area contributed by atoms with Crippen LogP contribution in [0.1, 0.15) is 48.4 Å². The fourth-order valence-corrected chi connectivity index (χ4v) is 4.23. The number of nitrogens with zero attached hydrogens (tertiary/aromatic N) is 2. The number of nitrogens with one attached hydrogen (secondary N) is 1. The molecule has 186 valence electrons. The van der Waals surface area contributed by atoms with Gasteiger partial charge in [0.1, 0.15) is 16.5 Å². The normalized spacial score (nSPS) is 10.4. The van der Waals surface area contributed by atoms with Crippen molar-refractivity contribution in [1.29, 1.82) is 0 Å². The van der Waals surface area contributed by atoms with E-state index in [1.807, 2.05) is 6.07 Å². The molecule has 0 atom stereocenters. The number of carbonyl (C=O) groups is 3. The van der Waals surface area contributed by atoms with Crippen LogP contribution in [-0.2, 0) is 16.1 Å². The van der Waals surface area contributed by atoms with Crippen molar-refractivity contribution in [2.75, 3.05) is 11.9 Å². The van der Waals surface area contributed by atoms with Crippen molar-refractivity contribution in [1.82, 2.24) is 0 Å². The van der Waals surface area contributed by atoms with Gasteiger partial charge in [0.15, 0.2) is 0 Å². The first-order chi connectivity index (χ1) is 17.1. The number of ether oxygens (including phenoxy) is 2. The van der Waals surface area contributed by atoms with E-state index in [0.717, 1.165) is 35.1 Å². The summed E-state index contributed by atoms with van der Waals surface area (Å²) < 4.78 is 10.4. The molecule has 1 aromatic heterocycles. The van der Waals surface area contributed by atoms with E-state index in [9.17, 15) is 34.6 Å². The molecule has 2 aromatic carbocycles. The van der Waals surface area contributed by atoms with Crippen LogP contribution in [0.25, 0.3) is 0 Å². The van der Waals surface area contributed by atoms with E-state index in [4.69, 9.17) is 9.47 Å². The molecule has 3 rings (SSSR count). The molecule has 3 aromatic rings. The van der Waals surface area contributed by atoms with E-state index in [-0.39, 0.29) is 39.8 Å². The Morgan fingerprint density at radius 2 is 1.56 bits per heavy atom. The van der Waals surface area contributed by atoms with Crippen molar-refractivity contribution in [3.63, 3.8) is 0 Å². The lowest BCUT2D eigenvalue weighted by atomic mass is 10.1. The average Bonchev–Trinajstić information content (AvgIpc) is 3.18. The lowest BCUT2D eigenvalue weighted by molar-refractivity contribution is -0.394. The molecule has 0 fully saturated rings. The summed E-state index contributed by atoms with van der Waals surface area (Å²) in [6.45, 7) is 3.06. The van der Waals surface area contributed by atoms with Crippen LogP contribution in [0.4, 0.5) is 16.4 Å². The van der Waals surface area contributed by atoms with Crippen molar-refractivity contribution in [3.8, 4) is 0 Å². The number of thiophene rings is 1. The van der Waals surface area contributed by atoms with Gasteiger partial charge in [-0.05, 0) is 25.0 Å². The predicted molar refractivity (Wildman–Crippen MR) is 128 cm³/mol. The van der Waals surface area contributed by atoms with Crippen molar-refractivity contribution >= 4 is 45.6 Å². The summed E-state index contributed by atoms with van der Waals surface area (Å²) in [7, 11) is 0. The average molecular weight is 513 g/mol. The highest BCUT2D eigenvalue weighted by Gasteiger charge is 2.28. The Hall–Kier alpha value is -4.65. The number of amides is 1. The van der Waals surface area contributed by atoms with Gasteiger partial charge in [-0.2, -0.15) is 0 Å². The molecule has 0 bridgehead atoms. The topological polar surface area (TPSA) is 168 Å². The van der Waals surface area contributed by atoms with Gasteiger partial charge in [-0.25, -0.2) is 9.59 Å². The SMILES string of the molecule is CCOC(=O)c1c(NC(=O)c2cc([N+](=O)[O-])cc([N+](=O)[O-])c2)sc(C(=O)OCc2ccccc2)c1C. The van der Waals surface area contributed by atoms with Crippen molar-refractivity contribution in [2.45, 2.75) is 20.5 Å². The Kier molecular flexibility index (Phi) is 8.07. The van der Waals surface area contributed by atoms with E-state index in [0.29, 0.717) is 0 Å². The number of carbonyl (C=O) groups excluding carboxylic acids is 3. The van der Waals surface area contributed by atoms with E-state index in [2.05, 4.69) is 5.32 Å². The largest absolute Gasteiger partial charge is 0.462 e. The lowest BCUT2D eigenvalue weighted by Crippen LogP contribution is -2.15. The summed E-state index contributed by atoms with van der Waals surface area (Å²) in [5.74, 6) is -2.51. The molecule has 12 nitrogen and oxygen atoms in total. The molecule has 0 saturated carbocycles. The van der Waals surface area contributed by atoms with Gasteiger partial charge in [0.05, 0.1) is 33.6 Å². The molecule has 0 radical (unpaired) electrons. The van der Waals surface area contributed by atoms with E-state index in [1.54, 1.807) is 31.2 Å². The number of rotatable bonds is 9. The predicted octanol–water partition coefficient (Wildman–Crippen LogP) is 4.66. The molecule has 0 unspecified atom stereocenters. The molecular formula is C23H19N3O9S. The third kappa shape index (κ3) is 5.88. The van der Waals surface area contributed by atoms with Crippen LogP contribution in [0.15, 0.2) is 48.5 Å². The second kappa shape index (κ2) is 11.2. The monoisotopic (exact) mass is 513 g/mol. The first kappa shape index (κ1) is 26.0. The number of hydrogen-bond donors (Lipinski definition) is 1. The van der Waals surface area contributed by atoms with Crippen LogP contribution >= 0.6 is 11.3 Å². The summed E-state index contributed by atoms with van der Waals surface area (Å²) in [6, 6.07) is 11.4. The summed E-state index contributed by atoms with van der Waals surface area (Å²) in [4.78, 5) is 58.8. The maximum atomic E-state index is 12.9. The number of benzene rings is 2. The van der Waals surface area contributed by atoms with Gasteiger partial charge in [-0.3, -0.25) is 25.0 Å². The van der Waals surface area contributed by atoms with Gasteiger partial charge >= 0.3 is 11.9 Å². The Bertz CT molecular complexity index is 1320. The Morgan fingerprint density at radius 1 is 0.944 bits per heavy atom. The Labute approximate surface area is 207 Å². The van der Waals surface area contributed by atoms with Gasteiger partial charge in [0, 0.05) is 12.1 Å². The number of anilines is 1. The minimum Gasteiger partial charge on any atom is -0.462 e. The number of non-ortho nitro benzene ring substituents is 2. The minimum atomic E-state index is -0.960. The third-order valence-corrected chi connectivity index (χ3v) is 6.03. The van der Waals surface area contributed by atoms with Crippen LogP contribution in [0.2, 0.25) is 0 Å². The molecule has 0 aliphatic carbocycles. The second-order valence-electron chi connectivity index (χ2n) is 7.25. The van der Waals surface area contributed by atoms with E-state index < -0.39 is 39.1 Å². The summed E-state index contributed by atoms with van der Waals surface area (Å²) >= 11 is 0.752. The van der Waals surface area contributed by atoms with E-state index >= 15 is 0 Å². The van der Waals surface area contributed by atoms with Crippen LogP contribution in [0.3, 0.4) is 0 Å². The zero-order valence-corrected chi connectivity index (χ0v) is 19.8.